The molecule has 1 aromatic heterocycles. The Kier molecular flexibility index (Phi) is 8.28. The number of furan rings is 1. The molecule has 1 saturated heterocycles. The van der Waals surface area contributed by atoms with Crippen molar-refractivity contribution < 1.29 is 18.7 Å². The standard InChI is InChI=1S/C17H26N2O4.ClH/c1-11(13-4-6-18-7-5-13)8-16(20)19-10-14-9-15(12(2)23-14)17(21)22-3;/h9,11,13,18H,4-8,10H2,1-3H3,(H,19,20);1H. The van der Waals surface area contributed by atoms with Crippen LogP contribution in [0.25, 0.3) is 0 Å². The zero-order valence-corrected chi connectivity index (χ0v) is 15.3. The van der Waals surface area contributed by atoms with Gasteiger partial charge in [0.2, 0.25) is 5.91 Å². The molecule has 0 saturated carbocycles. The number of carbonyl (C=O) groups excluding carboxylic acids is 2. The van der Waals surface area contributed by atoms with E-state index >= 15 is 0 Å². The Morgan fingerprint density at radius 3 is 2.71 bits per heavy atom. The van der Waals surface area contributed by atoms with Crippen LogP contribution in [0.1, 0.15) is 48.1 Å². The van der Waals surface area contributed by atoms with E-state index in [9.17, 15) is 9.59 Å². The number of hydrogen-bond donors (Lipinski definition) is 2. The number of piperidine rings is 1. The van der Waals surface area contributed by atoms with Gasteiger partial charge in [-0.1, -0.05) is 6.92 Å². The van der Waals surface area contributed by atoms with E-state index in [0.717, 1.165) is 25.9 Å². The van der Waals surface area contributed by atoms with Crippen molar-refractivity contribution in [1.82, 2.24) is 10.6 Å². The van der Waals surface area contributed by atoms with Crippen LogP contribution in [0.3, 0.4) is 0 Å². The predicted octanol–water partition coefficient (Wildman–Crippen LogP) is 2.44. The van der Waals surface area contributed by atoms with Gasteiger partial charge in [0.1, 0.15) is 17.1 Å². The van der Waals surface area contributed by atoms with Gasteiger partial charge < -0.3 is 19.8 Å². The largest absolute Gasteiger partial charge is 0.465 e. The number of aryl methyl sites for hydroxylation is 1. The highest BCUT2D eigenvalue weighted by Gasteiger charge is 2.22. The molecule has 2 N–H and O–H groups in total. The average molecular weight is 359 g/mol. The summed E-state index contributed by atoms with van der Waals surface area (Å²) < 4.78 is 10.2. The lowest BCUT2D eigenvalue weighted by Gasteiger charge is -2.27. The maximum atomic E-state index is 12.1. The summed E-state index contributed by atoms with van der Waals surface area (Å²) in [5, 5.41) is 6.21. The van der Waals surface area contributed by atoms with Crippen LogP contribution in [-0.2, 0) is 16.1 Å². The molecule has 7 heteroatoms. The summed E-state index contributed by atoms with van der Waals surface area (Å²) in [5.74, 6) is 1.64. The summed E-state index contributed by atoms with van der Waals surface area (Å²) in [6.07, 6.45) is 2.79. The van der Waals surface area contributed by atoms with Crippen LogP contribution in [0.4, 0.5) is 0 Å². The Bertz CT molecular complexity index is 553. The number of carbonyl (C=O) groups is 2. The van der Waals surface area contributed by atoms with Crippen LogP contribution in [0.15, 0.2) is 10.5 Å². The van der Waals surface area contributed by atoms with Crippen LogP contribution in [0.5, 0.6) is 0 Å². The molecule has 136 valence electrons. The lowest BCUT2D eigenvalue weighted by atomic mass is 9.84. The second-order valence-corrected chi connectivity index (χ2v) is 6.22. The van der Waals surface area contributed by atoms with Crippen molar-refractivity contribution in [1.29, 1.82) is 0 Å². The van der Waals surface area contributed by atoms with Gasteiger partial charge in [0.15, 0.2) is 0 Å². The molecule has 2 rings (SSSR count). The first-order chi connectivity index (χ1) is 11.0. The molecule has 0 bridgehead atoms. The first-order valence-corrected chi connectivity index (χ1v) is 8.16. The van der Waals surface area contributed by atoms with Crippen LogP contribution in [0, 0.1) is 18.8 Å². The number of rotatable bonds is 6. The van der Waals surface area contributed by atoms with Crippen LogP contribution in [0.2, 0.25) is 0 Å². The molecule has 1 atom stereocenters. The molecule has 1 fully saturated rings. The molecular formula is C17H27ClN2O4. The molecule has 24 heavy (non-hydrogen) atoms. The van der Waals surface area contributed by atoms with Crippen molar-refractivity contribution in [2.24, 2.45) is 11.8 Å². The normalized spacial score (nSPS) is 16.1. The Labute approximate surface area is 149 Å². The fraction of sp³-hybridized carbons (Fsp3) is 0.647. The SMILES string of the molecule is COC(=O)c1cc(CNC(=O)CC(C)C2CCNCC2)oc1C.Cl. The highest BCUT2D eigenvalue weighted by molar-refractivity contribution is 5.90. The second-order valence-electron chi connectivity index (χ2n) is 6.22. The minimum Gasteiger partial charge on any atom is -0.465 e. The number of nitrogens with one attached hydrogen (secondary N) is 2. The molecule has 0 aromatic carbocycles. The summed E-state index contributed by atoms with van der Waals surface area (Å²) >= 11 is 0. The summed E-state index contributed by atoms with van der Waals surface area (Å²) in [6.45, 7) is 6.21. The van der Waals surface area contributed by atoms with Gasteiger partial charge in [0.25, 0.3) is 0 Å². The first kappa shape index (κ1) is 20.5. The van der Waals surface area contributed by atoms with Gasteiger partial charge in [-0.15, -0.1) is 12.4 Å². The third-order valence-corrected chi connectivity index (χ3v) is 4.53. The summed E-state index contributed by atoms with van der Waals surface area (Å²) in [6, 6.07) is 1.62. The smallest absolute Gasteiger partial charge is 0.341 e. The predicted molar refractivity (Wildman–Crippen MR) is 93.3 cm³/mol. The van der Waals surface area contributed by atoms with Gasteiger partial charge >= 0.3 is 5.97 Å². The van der Waals surface area contributed by atoms with E-state index in [1.54, 1.807) is 13.0 Å². The first-order valence-electron chi connectivity index (χ1n) is 8.16. The van der Waals surface area contributed by atoms with Crippen LogP contribution < -0.4 is 10.6 Å². The molecule has 1 aliphatic heterocycles. The fourth-order valence-corrected chi connectivity index (χ4v) is 3.07. The third-order valence-electron chi connectivity index (χ3n) is 4.53. The molecule has 1 aliphatic rings. The Morgan fingerprint density at radius 1 is 1.42 bits per heavy atom. The van der Waals surface area contributed by atoms with Gasteiger partial charge in [-0.05, 0) is 50.8 Å². The van der Waals surface area contributed by atoms with E-state index in [0.29, 0.717) is 35.3 Å². The monoisotopic (exact) mass is 358 g/mol. The Hall–Kier alpha value is -1.53. The van der Waals surface area contributed by atoms with Gasteiger partial charge in [0.05, 0.1) is 13.7 Å². The lowest BCUT2D eigenvalue weighted by Crippen LogP contribution is -2.33. The van der Waals surface area contributed by atoms with Gasteiger partial charge in [-0.3, -0.25) is 4.79 Å². The quantitative estimate of drug-likeness (QED) is 0.763. The van der Waals surface area contributed by atoms with Crippen molar-refractivity contribution in [2.75, 3.05) is 20.2 Å². The van der Waals surface area contributed by atoms with Gasteiger partial charge in [-0.25, -0.2) is 4.79 Å². The molecule has 0 aliphatic carbocycles. The fourth-order valence-electron chi connectivity index (χ4n) is 3.07. The summed E-state index contributed by atoms with van der Waals surface area (Å²) in [5.41, 5.74) is 0.403. The minimum atomic E-state index is -0.427. The van der Waals surface area contributed by atoms with Crippen molar-refractivity contribution in [3.63, 3.8) is 0 Å². The van der Waals surface area contributed by atoms with E-state index < -0.39 is 5.97 Å². The molecule has 0 spiro atoms. The van der Waals surface area contributed by atoms with Crippen LogP contribution in [-0.4, -0.2) is 32.1 Å². The van der Waals surface area contributed by atoms with Crippen molar-refractivity contribution >= 4 is 24.3 Å². The Morgan fingerprint density at radius 2 is 2.08 bits per heavy atom. The lowest BCUT2D eigenvalue weighted by molar-refractivity contribution is -0.122. The van der Waals surface area contributed by atoms with Crippen LogP contribution >= 0.6 is 12.4 Å². The summed E-state index contributed by atoms with van der Waals surface area (Å²) in [7, 11) is 1.33. The van der Waals surface area contributed by atoms with Gasteiger partial charge in [0, 0.05) is 6.42 Å². The molecule has 1 aromatic rings. The number of methoxy groups -OCH3 is 1. The van der Waals surface area contributed by atoms with E-state index in [-0.39, 0.29) is 24.9 Å². The zero-order valence-electron chi connectivity index (χ0n) is 14.5. The number of amides is 1. The molecule has 6 nitrogen and oxygen atoms in total. The molecule has 1 amide bonds. The maximum Gasteiger partial charge on any atom is 0.341 e. The molecule has 1 unspecified atom stereocenters. The van der Waals surface area contributed by atoms with Crippen molar-refractivity contribution in [3.8, 4) is 0 Å². The number of hydrogen-bond acceptors (Lipinski definition) is 5. The molecular weight excluding hydrogens is 332 g/mol. The van der Waals surface area contributed by atoms with Crippen molar-refractivity contribution in [3.05, 3.63) is 23.2 Å². The van der Waals surface area contributed by atoms with E-state index in [1.165, 1.54) is 7.11 Å². The maximum absolute atomic E-state index is 12.1. The van der Waals surface area contributed by atoms with Gasteiger partial charge in [-0.2, -0.15) is 0 Å². The Balaban J connectivity index is 0.00000288. The van der Waals surface area contributed by atoms with Crippen molar-refractivity contribution in [2.45, 2.75) is 39.7 Å². The number of halogens is 1. The highest BCUT2D eigenvalue weighted by atomic mass is 35.5. The van der Waals surface area contributed by atoms with E-state index in [4.69, 9.17) is 4.42 Å². The molecule has 2 heterocycles. The average Bonchev–Trinajstić information content (AvgIpc) is 2.94. The topological polar surface area (TPSA) is 80.6 Å². The third kappa shape index (κ3) is 5.53. The molecule has 0 radical (unpaired) electrons. The minimum absolute atomic E-state index is 0. The summed E-state index contributed by atoms with van der Waals surface area (Å²) in [4.78, 5) is 23.6. The second kappa shape index (κ2) is 9.69. The number of ether oxygens (including phenoxy) is 1. The van der Waals surface area contributed by atoms with E-state index in [1.807, 2.05) is 0 Å². The zero-order chi connectivity index (χ0) is 16.8. The highest BCUT2D eigenvalue weighted by Crippen LogP contribution is 2.24. The van der Waals surface area contributed by atoms with E-state index in [2.05, 4.69) is 22.3 Å². The number of esters is 1.